The highest BCUT2D eigenvalue weighted by Crippen LogP contribution is 2.55. The van der Waals surface area contributed by atoms with Crippen molar-refractivity contribution in [1.82, 2.24) is 25.1 Å². The van der Waals surface area contributed by atoms with Gasteiger partial charge in [0.15, 0.2) is 5.82 Å². The van der Waals surface area contributed by atoms with Crippen LogP contribution in [0.4, 0.5) is 17.5 Å². The third kappa shape index (κ3) is 5.47. The summed E-state index contributed by atoms with van der Waals surface area (Å²) in [6, 6.07) is 8.23. The first-order valence-corrected chi connectivity index (χ1v) is 17.4. The molecule has 2 N–H and O–H groups in total. The fraction of sp³-hybridized carbons (Fsp3) is 0.571. The number of rotatable bonds is 5. The van der Waals surface area contributed by atoms with E-state index >= 15 is 0 Å². The van der Waals surface area contributed by atoms with Gasteiger partial charge in [-0.25, -0.2) is 9.97 Å². The molecule has 2 saturated heterocycles. The Balaban J connectivity index is 0.855. The molecule has 2 aromatic heterocycles. The first kappa shape index (κ1) is 29.9. The molecule has 8 rings (SSSR count). The van der Waals surface area contributed by atoms with Gasteiger partial charge in [-0.15, -0.1) is 10.2 Å². The standard InChI is InChI=1S/C35H43ClN8O2/c1-22(45)23-5-9-35(10-6-23)16-26(17-35)42-11-7-24(8-12-42)25-18-38-34(39-19-25)43-13-14-44-27(21-43)20-37-33-31(44)15-30(40-41-33)28-3-2-4-29(36)32(28)46/h2-4,15,18-19,23-24,26-27,46H,5-14,16-17,20-21H2,1H3,(H,37,41)/t23?,26?,27-,35?/m0/s1. The molecule has 4 fully saturated rings. The molecule has 242 valence electrons. The van der Waals surface area contributed by atoms with E-state index in [-0.39, 0.29) is 11.8 Å². The van der Waals surface area contributed by atoms with Gasteiger partial charge in [-0.1, -0.05) is 17.7 Å². The quantitative estimate of drug-likeness (QED) is 0.369. The highest BCUT2D eigenvalue weighted by molar-refractivity contribution is 6.32. The Kier molecular flexibility index (Phi) is 7.75. The number of benzene rings is 1. The van der Waals surface area contributed by atoms with Crippen LogP contribution in [-0.4, -0.2) is 87.3 Å². The van der Waals surface area contributed by atoms with Crippen LogP contribution < -0.4 is 15.1 Å². The maximum absolute atomic E-state index is 11.8. The molecule has 3 aliphatic heterocycles. The average molecular weight is 643 g/mol. The van der Waals surface area contributed by atoms with E-state index in [1.807, 2.05) is 6.07 Å². The number of aromatic nitrogens is 4. The van der Waals surface area contributed by atoms with E-state index < -0.39 is 0 Å². The first-order chi connectivity index (χ1) is 22.4. The van der Waals surface area contributed by atoms with Crippen LogP contribution in [0.2, 0.25) is 5.02 Å². The minimum absolute atomic E-state index is 0.0196. The maximum atomic E-state index is 11.8. The van der Waals surface area contributed by atoms with E-state index in [9.17, 15) is 9.90 Å². The Morgan fingerprint density at radius 3 is 2.50 bits per heavy atom. The van der Waals surface area contributed by atoms with Crippen molar-refractivity contribution in [2.24, 2.45) is 11.3 Å². The number of fused-ring (bicyclic) bond motifs is 3. The number of ketones is 1. The summed E-state index contributed by atoms with van der Waals surface area (Å²) in [5.41, 5.74) is 3.94. The molecule has 46 heavy (non-hydrogen) atoms. The summed E-state index contributed by atoms with van der Waals surface area (Å²) in [5, 5.41) is 23.0. The van der Waals surface area contributed by atoms with Crippen molar-refractivity contribution < 1.29 is 9.90 Å². The van der Waals surface area contributed by atoms with E-state index in [0.29, 0.717) is 39.3 Å². The number of likely N-dealkylation sites (tertiary alicyclic amines) is 1. The smallest absolute Gasteiger partial charge is 0.225 e. The lowest BCUT2D eigenvalue weighted by Crippen LogP contribution is -2.58. The lowest BCUT2D eigenvalue weighted by Gasteiger charge is -2.55. The van der Waals surface area contributed by atoms with E-state index in [2.05, 4.69) is 42.6 Å². The molecule has 1 spiro atoms. The minimum atomic E-state index is 0.0196. The van der Waals surface area contributed by atoms with Gasteiger partial charge in [0, 0.05) is 56.1 Å². The molecule has 3 aromatic rings. The second-order valence-electron chi connectivity index (χ2n) is 14.3. The Morgan fingerprint density at radius 1 is 1.00 bits per heavy atom. The molecule has 0 radical (unpaired) electrons. The van der Waals surface area contributed by atoms with Gasteiger partial charge in [-0.05, 0) is 106 Å². The van der Waals surface area contributed by atoms with Crippen molar-refractivity contribution >= 4 is 34.8 Å². The van der Waals surface area contributed by atoms with Gasteiger partial charge in [0.25, 0.3) is 0 Å². The zero-order chi connectivity index (χ0) is 31.4. The second-order valence-corrected chi connectivity index (χ2v) is 14.8. The number of piperidine rings is 1. The number of carbonyl (C=O) groups is 1. The predicted octanol–water partition coefficient (Wildman–Crippen LogP) is 5.52. The average Bonchev–Trinajstić information content (AvgIpc) is 3.08. The number of nitrogens with zero attached hydrogens (tertiary/aromatic N) is 7. The molecule has 2 aliphatic carbocycles. The third-order valence-electron chi connectivity index (χ3n) is 11.8. The van der Waals surface area contributed by atoms with Gasteiger partial charge in [0.1, 0.15) is 11.5 Å². The van der Waals surface area contributed by atoms with Gasteiger partial charge < -0.3 is 25.1 Å². The number of Topliss-reactive ketones (excluding diaryl/α,β-unsaturated/α-hetero) is 1. The summed E-state index contributed by atoms with van der Waals surface area (Å²) in [5.74, 6) is 2.81. The summed E-state index contributed by atoms with van der Waals surface area (Å²) < 4.78 is 0. The van der Waals surface area contributed by atoms with Crippen LogP contribution in [0.1, 0.15) is 69.8 Å². The summed E-state index contributed by atoms with van der Waals surface area (Å²) in [4.78, 5) is 28.9. The fourth-order valence-corrected chi connectivity index (χ4v) is 9.04. The Hall–Kier alpha value is -3.50. The number of aromatic hydroxyl groups is 1. The van der Waals surface area contributed by atoms with Gasteiger partial charge in [-0.3, -0.25) is 4.79 Å². The van der Waals surface area contributed by atoms with Crippen LogP contribution in [0.3, 0.4) is 0 Å². The molecular weight excluding hydrogens is 600 g/mol. The molecule has 11 heteroatoms. The Bertz CT molecular complexity index is 1590. The molecule has 10 nitrogen and oxygen atoms in total. The number of piperazine rings is 1. The number of para-hydroxylation sites is 1. The number of phenols is 1. The number of hydrogen-bond acceptors (Lipinski definition) is 10. The van der Waals surface area contributed by atoms with Gasteiger partial charge >= 0.3 is 0 Å². The van der Waals surface area contributed by atoms with Crippen LogP contribution >= 0.6 is 11.6 Å². The third-order valence-corrected chi connectivity index (χ3v) is 12.1. The summed E-state index contributed by atoms with van der Waals surface area (Å²) in [6.45, 7) is 7.28. The normalized spacial score (nSPS) is 28.3. The van der Waals surface area contributed by atoms with Crippen LogP contribution in [-0.2, 0) is 4.79 Å². The number of hydrogen-bond donors (Lipinski definition) is 2. The topological polar surface area (TPSA) is 111 Å². The zero-order valence-electron chi connectivity index (χ0n) is 26.5. The lowest BCUT2D eigenvalue weighted by atomic mass is 9.56. The highest BCUT2D eigenvalue weighted by Gasteiger charge is 2.48. The number of anilines is 3. The van der Waals surface area contributed by atoms with Crippen molar-refractivity contribution in [1.29, 1.82) is 0 Å². The highest BCUT2D eigenvalue weighted by atomic mass is 35.5. The monoisotopic (exact) mass is 642 g/mol. The summed E-state index contributed by atoms with van der Waals surface area (Å²) in [7, 11) is 0. The molecule has 1 aromatic carbocycles. The molecule has 0 bridgehead atoms. The van der Waals surface area contributed by atoms with Crippen LogP contribution in [0.25, 0.3) is 11.3 Å². The Labute approximate surface area is 275 Å². The van der Waals surface area contributed by atoms with Gasteiger partial charge in [0.2, 0.25) is 5.95 Å². The van der Waals surface area contributed by atoms with Crippen LogP contribution in [0.5, 0.6) is 5.75 Å². The predicted molar refractivity (Wildman–Crippen MR) is 180 cm³/mol. The van der Waals surface area contributed by atoms with Gasteiger partial charge in [0.05, 0.1) is 22.4 Å². The summed E-state index contributed by atoms with van der Waals surface area (Å²) in [6.07, 6.45) is 13.8. The van der Waals surface area contributed by atoms with Crippen LogP contribution in [0, 0.1) is 11.3 Å². The molecule has 0 amide bonds. The number of halogens is 1. The lowest BCUT2D eigenvalue weighted by molar-refractivity contribution is -0.124. The van der Waals surface area contributed by atoms with Crippen molar-refractivity contribution in [3.05, 3.63) is 47.2 Å². The van der Waals surface area contributed by atoms with Crippen molar-refractivity contribution in [3.8, 4) is 17.0 Å². The van der Waals surface area contributed by atoms with E-state index in [4.69, 9.17) is 21.6 Å². The first-order valence-electron chi connectivity index (χ1n) is 17.0. The molecule has 1 atom stereocenters. The van der Waals surface area contributed by atoms with Crippen molar-refractivity contribution in [2.75, 3.05) is 54.4 Å². The zero-order valence-corrected chi connectivity index (χ0v) is 27.3. The van der Waals surface area contributed by atoms with Crippen LogP contribution in [0.15, 0.2) is 36.7 Å². The van der Waals surface area contributed by atoms with Crippen molar-refractivity contribution in [3.63, 3.8) is 0 Å². The number of nitrogens with one attached hydrogen (secondary N) is 1. The van der Waals surface area contributed by atoms with E-state index in [0.717, 1.165) is 75.6 Å². The fourth-order valence-electron chi connectivity index (χ4n) is 8.87. The minimum Gasteiger partial charge on any atom is -0.506 e. The molecular formula is C35H43ClN8O2. The number of carbonyl (C=O) groups excluding carboxylic acids is 1. The molecule has 0 unspecified atom stereocenters. The van der Waals surface area contributed by atoms with E-state index in [1.165, 1.54) is 44.1 Å². The summed E-state index contributed by atoms with van der Waals surface area (Å²) >= 11 is 6.16. The Morgan fingerprint density at radius 2 is 1.76 bits per heavy atom. The second kappa shape index (κ2) is 11.9. The molecule has 2 saturated carbocycles. The maximum Gasteiger partial charge on any atom is 0.225 e. The number of phenolic OH excluding ortho intramolecular Hbond substituents is 1. The SMILES string of the molecule is CC(=O)C1CCC2(CC1)CC(N1CCC(c3cnc(N4CCN5c6cc(-c7cccc(Cl)c7O)nnc6NC[C@H]5C4)nc3)CC1)C2. The van der Waals surface area contributed by atoms with E-state index in [1.54, 1.807) is 25.1 Å². The molecule has 5 aliphatic rings. The molecule has 5 heterocycles. The van der Waals surface area contributed by atoms with Crippen molar-refractivity contribution in [2.45, 2.75) is 76.3 Å². The largest absolute Gasteiger partial charge is 0.506 e. The van der Waals surface area contributed by atoms with Gasteiger partial charge in [-0.2, -0.15) is 0 Å².